The van der Waals surface area contributed by atoms with Crippen LogP contribution in [0.5, 0.6) is 0 Å². The largest absolute Gasteiger partial charge is 0.456 e. The van der Waals surface area contributed by atoms with E-state index in [-0.39, 0.29) is 0 Å². The topological polar surface area (TPSA) is 16.4 Å². The molecule has 8 rings (SSSR count). The third-order valence-electron chi connectivity index (χ3n) is 8.02. The van der Waals surface area contributed by atoms with E-state index in [1.54, 1.807) is 0 Å². The van der Waals surface area contributed by atoms with Crippen molar-refractivity contribution in [2.75, 3.05) is 4.90 Å². The number of rotatable bonds is 5. The second kappa shape index (κ2) is 10.1. The molecule has 0 spiro atoms. The molecule has 0 fully saturated rings. The van der Waals surface area contributed by atoms with Crippen molar-refractivity contribution in [2.45, 2.75) is 0 Å². The lowest BCUT2D eigenvalue weighted by Crippen LogP contribution is -2.10. The molecule has 7 aromatic carbocycles. The summed E-state index contributed by atoms with van der Waals surface area (Å²) in [5.74, 6) is 0. The lowest BCUT2D eigenvalue weighted by atomic mass is 10.0. The fourth-order valence-corrected chi connectivity index (χ4v) is 5.93. The SMILES string of the molecule is c1ccc(-c2ccc(N(c3cccc(-c4ccccc4)c3)c3ccc4cc5c(cc4c3)oc3ccccc35)cc2)cc1. The zero-order valence-corrected chi connectivity index (χ0v) is 22.9. The Hall–Kier alpha value is -5.60. The summed E-state index contributed by atoms with van der Waals surface area (Å²) in [6.45, 7) is 0. The molecular formula is C40H27NO. The number of furan rings is 1. The van der Waals surface area contributed by atoms with E-state index in [4.69, 9.17) is 4.42 Å². The molecule has 0 saturated carbocycles. The summed E-state index contributed by atoms with van der Waals surface area (Å²) < 4.78 is 6.24. The summed E-state index contributed by atoms with van der Waals surface area (Å²) in [6, 6.07) is 58.0. The Morgan fingerprint density at radius 2 is 0.952 bits per heavy atom. The van der Waals surface area contributed by atoms with Gasteiger partial charge in [0.25, 0.3) is 0 Å². The van der Waals surface area contributed by atoms with Crippen LogP contribution in [0.25, 0.3) is 55.0 Å². The van der Waals surface area contributed by atoms with Crippen molar-refractivity contribution in [3.8, 4) is 22.3 Å². The average Bonchev–Trinajstić information content (AvgIpc) is 3.42. The maximum Gasteiger partial charge on any atom is 0.136 e. The molecule has 0 aliphatic heterocycles. The smallest absolute Gasteiger partial charge is 0.136 e. The van der Waals surface area contributed by atoms with Gasteiger partial charge in [-0.3, -0.25) is 0 Å². The van der Waals surface area contributed by atoms with E-state index < -0.39 is 0 Å². The van der Waals surface area contributed by atoms with Crippen molar-refractivity contribution < 1.29 is 4.42 Å². The summed E-state index contributed by atoms with van der Waals surface area (Å²) in [5, 5.41) is 4.63. The van der Waals surface area contributed by atoms with Gasteiger partial charge in [0, 0.05) is 27.8 Å². The molecule has 0 aliphatic rings. The van der Waals surface area contributed by atoms with Gasteiger partial charge in [-0.15, -0.1) is 0 Å². The maximum atomic E-state index is 6.24. The minimum Gasteiger partial charge on any atom is -0.456 e. The second-order valence-electron chi connectivity index (χ2n) is 10.6. The van der Waals surface area contributed by atoms with Crippen LogP contribution in [0.2, 0.25) is 0 Å². The van der Waals surface area contributed by atoms with Gasteiger partial charge in [-0.2, -0.15) is 0 Å². The van der Waals surface area contributed by atoms with Crippen LogP contribution in [0.1, 0.15) is 0 Å². The summed E-state index contributed by atoms with van der Waals surface area (Å²) in [4.78, 5) is 2.34. The molecule has 1 heterocycles. The number of fused-ring (bicyclic) bond motifs is 4. The van der Waals surface area contributed by atoms with Crippen molar-refractivity contribution in [3.63, 3.8) is 0 Å². The average molecular weight is 538 g/mol. The molecule has 0 radical (unpaired) electrons. The van der Waals surface area contributed by atoms with Gasteiger partial charge in [0.05, 0.1) is 0 Å². The molecule has 0 saturated heterocycles. The molecule has 198 valence electrons. The van der Waals surface area contributed by atoms with Gasteiger partial charge in [0.2, 0.25) is 0 Å². The highest BCUT2D eigenvalue weighted by Gasteiger charge is 2.16. The van der Waals surface area contributed by atoms with Crippen LogP contribution in [0.4, 0.5) is 17.1 Å². The molecular weight excluding hydrogens is 510 g/mol. The predicted molar refractivity (Wildman–Crippen MR) is 177 cm³/mol. The zero-order chi connectivity index (χ0) is 27.9. The molecule has 2 nitrogen and oxygen atoms in total. The first kappa shape index (κ1) is 24.2. The quantitative estimate of drug-likeness (QED) is 0.217. The number of hydrogen-bond donors (Lipinski definition) is 0. The number of para-hydroxylation sites is 1. The predicted octanol–water partition coefficient (Wildman–Crippen LogP) is 11.5. The van der Waals surface area contributed by atoms with E-state index in [0.717, 1.165) is 44.4 Å². The van der Waals surface area contributed by atoms with E-state index in [0.29, 0.717) is 0 Å². The molecule has 42 heavy (non-hydrogen) atoms. The van der Waals surface area contributed by atoms with E-state index >= 15 is 0 Å². The maximum absolute atomic E-state index is 6.24. The Labute approximate surface area is 244 Å². The van der Waals surface area contributed by atoms with Gasteiger partial charge in [-0.25, -0.2) is 0 Å². The van der Waals surface area contributed by atoms with Crippen molar-refractivity contribution in [3.05, 3.63) is 164 Å². The third-order valence-corrected chi connectivity index (χ3v) is 8.02. The number of nitrogens with zero attached hydrogens (tertiary/aromatic N) is 1. The highest BCUT2D eigenvalue weighted by Crippen LogP contribution is 2.40. The summed E-state index contributed by atoms with van der Waals surface area (Å²) >= 11 is 0. The Morgan fingerprint density at radius 3 is 1.74 bits per heavy atom. The van der Waals surface area contributed by atoms with Crippen molar-refractivity contribution in [1.82, 2.24) is 0 Å². The number of anilines is 3. The van der Waals surface area contributed by atoms with Gasteiger partial charge >= 0.3 is 0 Å². The van der Waals surface area contributed by atoms with Crippen LogP contribution in [-0.4, -0.2) is 0 Å². The van der Waals surface area contributed by atoms with Gasteiger partial charge in [0.15, 0.2) is 0 Å². The molecule has 8 aromatic rings. The fraction of sp³-hybridized carbons (Fsp3) is 0. The highest BCUT2D eigenvalue weighted by atomic mass is 16.3. The van der Waals surface area contributed by atoms with Crippen LogP contribution in [0.15, 0.2) is 168 Å². The van der Waals surface area contributed by atoms with Crippen LogP contribution in [-0.2, 0) is 0 Å². The van der Waals surface area contributed by atoms with Crippen molar-refractivity contribution >= 4 is 49.8 Å². The molecule has 0 bridgehead atoms. The minimum absolute atomic E-state index is 0.908. The Balaban J connectivity index is 1.28. The molecule has 2 heteroatoms. The van der Waals surface area contributed by atoms with Crippen LogP contribution >= 0.6 is 0 Å². The summed E-state index contributed by atoms with van der Waals surface area (Å²) in [5.41, 5.74) is 9.91. The Kier molecular flexibility index (Phi) is 5.82. The van der Waals surface area contributed by atoms with Gasteiger partial charge in [-0.05, 0) is 87.6 Å². The summed E-state index contributed by atoms with van der Waals surface area (Å²) in [6.07, 6.45) is 0. The minimum atomic E-state index is 0.908. The molecule has 0 N–H and O–H groups in total. The van der Waals surface area contributed by atoms with Crippen LogP contribution in [0.3, 0.4) is 0 Å². The number of benzene rings is 7. The summed E-state index contributed by atoms with van der Waals surface area (Å²) in [7, 11) is 0. The fourth-order valence-electron chi connectivity index (χ4n) is 5.93. The van der Waals surface area contributed by atoms with Crippen molar-refractivity contribution in [2.24, 2.45) is 0 Å². The first-order chi connectivity index (χ1) is 20.8. The van der Waals surface area contributed by atoms with Crippen molar-refractivity contribution in [1.29, 1.82) is 0 Å². The van der Waals surface area contributed by atoms with Gasteiger partial charge in [-0.1, -0.05) is 109 Å². The second-order valence-corrected chi connectivity index (χ2v) is 10.6. The highest BCUT2D eigenvalue weighted by molar-refractivity contribution is 6.10. The third kappa shape index (κ3) is 4.31. The normalized spacial score (nSPS) is 11.3. The first-order valence-corrected chi connectivity index (χ1v) is 14.3. The zero-order valence-electron chi connectivity index (χ0n) is 22.9. The van der Waals surface area contributed by atoms with Crippen LogP contribution in [0, 0.1) is 0 Å². The van der Waals surface area contributed by atoms with Gasteiger partial charge < -0.3 is 9.32 Å². The van der Waals surface area contributed by atoms with E-state index in [1.165, 1.54) is 27.6 Å². The van der Waals surface area contributed by atoms with Gasteiger partial charge in [0.1, 0.15) is 11.2 Å². The molecule has 0 amide bonds. The standard InChI is InChI=1S/C40H27NO/c1-3-10-28(11-4-1)30-18-21-34(22-19-30)41(35-15-9-14-31(24-35)29-12-5-2-6-13-29)36-23-20-32-26-38-37-16-7-8-17-39(37)42-40(38)27-33(32)25-36/h1-27H. The van der Waals surface area contributed by atoms with E-state index in [2.05, 4.69) is 157 Å². The monoisotopic (exact) mass is 537 g/mol. The lowest BCUT2D eigenvalue weighted by molar-refractivity contribution is 0.669. The van der Waals surface area contributed by atoms with E-state index in [1.807, 2.05) is 12.1 Å². The lowest BCUT2D eigenvalue weighted by Gasteiger charge is -2.26. The molecule has 0 aliphatic carbocycles. The molecule has 0 atom stereocenters. The first-order valence-electron chi connectivity index (χ1n) is 14.3. The van der Waals surface area contributed by atoms with Crippen LogP contribution < -0.4 is 4.90 Å². The van der Waals surface area contributed by atoms with E-state index in [9.17, 15) is 0 Å². The molecule has 0 unspecified atom stereocenters. The number of hydrogen-bond acceptors (Lipinski definition) is 2. The Morgan fingerprint density at radius 1 is 0.333 bits per heavy atom. The molecule has 1 aromatic heterocycles. The Bertz CT molecular complexity index is 2180.